The van der Waals surface area contributed by atoms with Crippen LogP contribution in [0.5, 0.6) is 0 Å². The summed E-state index contributed by atoms with van der Waals surface area (Å²) in [7, 11) is 0. The number of benzene rings is 4. The smallest absolute Gasteiger partial charge is 0.252 e. The molecule has 8 aromatic rings. The molecule has 54 heavy (non-hydrogen) atoms. The topological polar surface area (TPSA) is 145 Å². The highest BCUT2D eigenvalue weighted by molar-refractivity contribution is 9.10. The second-order valence-corrected chi connectivity index (χ2v) is 14.9. The Morgan fingerprint density at radius 3 is 1.85 bits per heavy atom. The maximum Gasteiger partial charge on any atom is 0.252 e. The molecule has 0 aliphatic heterocycles. The van der Waals surface area contributed by atoms with Gasteiger partial charge in [0.1, 0.15) is 0 Å². The Labute approximate surface area is 327 Å². The van der Waals surface area contributed by atoms with Gasteiger partial charge in [0.2, 0.25) is 0 Å². The normalized spacial score (nSPS) is 11.6. The molecular formula is C42H36Br2N8O2. The Morgan fingerprint density at radius 2 is 1.19 bits per heavy atom. The fraction of sp³-hybridized carbons (Fsp3) is 0.143. The van der Waals surface area contributed by atoms with Gasteiger partial charge in [-0.2, -0.15) is 0 Å². The molecule has 6 N–H and O–H groups in total. The number of carbonyl (C=O) groups excluding carboxylic acids is 2. The third kappa shape index (κ3) is 7.25. The van der Waals surface area contributed by atoms with Crippen molar-refractivity contribution in [2.24, 2.45) is 5.73 Å². The number of H-pyrrole nitrogens is 2. The molecule has 270 valence electrons. The summed E-state index contributed by atoms with van der Waals surface area (Å²) in [5.74, 6) is -0.350. The van der Waals surface area contributed by atoms with E-state index in [4.69, 9.17) is 15.7 Å². The summed E-state index contributed by atoms with van der Waals surface area (Å²) in [5, 5.41) is 9.84. The largest absolute Gasteiger partial charge is 0.360 e. The SMILES string of the molecule is NCCN(CCNC(=O)c1cccc2nc(-c3c[nH]c4ccc(Br)cc34)ccc12)CCNC(=O)c1cc(-c2c[nH]c3ccc(Br)cc23)nc2ccccc12. The molecule has 2 amide bonds. The van der Waals surface area contributed by atoms with Crippen molar-refractivity contribution in [2.45, 2.75) is 0 Å². The van der Waals surface area contributed by atoms with Gasteiger partial charge in [-0.15, -0.1) is 0 Å². The van der Waals surface area contributed by atoms with Gasteiger partial charge in [-0.25, -0.2) is 9.97 Å². The first-order valence-electron chi connectivity index (χ1n) is 17.7. The van der Waals surface area contributed by atoms with Crippen LogP contribution in [0.4, 0.5) is 0 Å². The summed E-state index contributed by atoms with van der Waals surface area (Å²) < 4.78 is 1.96. The molecule has 0 unspecified atom stereocenters. The summed E-state index contributed by atoms with van der Waals surface area (Å²) in [6, 6.07) is 31.2. The van der Waals surface area contributed by atoms with E-state index >= 15 is 0 Å². The third-order valence-corrected chi connectivity index (χ3v) is 10.6. The average Bonchev–Trinajstić information content (AvgIpc) is 3.80. The van der Waals surface area contributed by atoms with Crippen LogP contribution in [0.15, 0.2) is 118 Å². The van der Waals surface area contributed by atoms with Gasteiger partial charge < -0.3 is 26.3 Å². The maximum atomic E-state index is 13.7. The Bertz CT molecular complexity index is 2690. The van der Waals surface area contributed by atoms with E-state index in [0.29, 0.717) is 56.1 Å². The van der Waals surface area contributed by atoms with Gasteiger partial charge in [0.05, 0.1) is 28.0 Å². The number of rotatable bonds is 12. The lowest BCUT2D eigenvalue weighted by molar-refractivity contribution is 0.0950. The zero-order chi connectivity index (χ0) is 37.2. The van der Waals surface area contributed by atoms with Crippen LogP contribution in [0.1, 0.15) is 20.7 Å². The van der Waals surface area contributed by atoms with Gasteiger partial charge in [0, 0.05) is 110 Å². The van der Waals surface area contributed by atoms with Crippen molar-refractivity contribution in [2.75, 3.05) is 39.3 Å². The van der Waals surface area contributed by atoms with E-state index in [1.54, 1.807) is 0 Å². The predicted molar refractivity (Wildman–Crippen MR) is 224 cm³/mol. The zero-order valence-corrected chi connectivity index (χ0v) is 32.3. The number of pyridine rings is 2. The van der Waals surface area contributed by atoms with E-state index in [2.05, 4.69) is 63.4 Å². The molecule has 10 nitrogen and oxygen atoms in total. The molecule has 0 aliphatic rings. The Balaban J connectivity index is 0.914. The van der Waals surface area contributed by atoms with E-state index < -0.39 is 0 Å². The zero-order valence-electron chi connectivity index (χ0n) is 29.1. The van der Waals surface area contributed by atoms with Gasteiger partial charge in [0.15, 0.2) is 0 Å². The number of nitrogens with one attached hydrogen (secondary N) is 4. The summed E-state index contributed by atoms with van der Waals surface area (Å²) >= 11 is 7.14. The number of hydrogen-bond donors (Lipinski definition) is 5. The molecule has 4 aromatic heterocycles. The van der Waals surface area contributed by atoms with Crippen molar-refractivity contribution in [1.82, 2.24) is 35.5 Å². The molecule has 0 atom stereocenters. The highest BCUT2D eigenvalue weighted by Crippen LogP contribution is 2.33. The number of nitrogens with zero attached hydrogens (tertiary/aromatic N) is 3. The molecule has 4 heterocycles. The van der Waals surface area contributed by atoms with Gasteiger partial charge in [-0.05, 0) is 72.8 Å². The number of aromatic amines is 2. The number of fused-ring (bicyclic) bond motifs is 4. The highest BCUT2D eigenvalue weighted by Gasteiger charge is 2.18. The maximum absolute atomic E-state index is 13.7. The van der Waals surface area contributed by atoms with Gasteiger partial charge >= 0.3 is 0 Å². The van der Waals surface area contributed by atoms with Gasteiger partial charge in [-0.1, -0.05) is 56.1 Å². The molecule has 0 aliphatic carbocycles. The van der Waals surface area contributed by atoms with Crippen molar-refractivity contribution >= 4 is 87.3 Å². The van der Waals surface area contributed by atoms with Crippen molar-refractivity contribution in [3.8, 4) is 22.5 Å². The van der Waals surface area contributed by atoms with E-state index in [0.717, 1.165) is 69.4 Å². The lowest BCUT2D eigenvalue weighted by Gasteiger charge is -2.22. The van der Waals surface area contributed by atoms with Crippen molar-refractivity contribution in [3.05, 3.63) is 130 Å². The second kappa shape index (κ2) is 15.5. The van der Waals surface area contributed by atoms with Crippen LogP contribution in [0.3, 0.4) is 0 Å². The van der Waals surface area contributed by atoms with Crippen LogP contribution < -0.4 is 16.4 Å². The Kier molecular flexibility index (Phi) is 10.2. The minimum Gasteiger partial charge on any atom is -0.360 e. The van der Waals surface area contributed by atoms with Crippen molar-refractivity contribution < 1.29 is 9.59 Å². The molecule has 12 heteroatoms. The second-order valence-electron chi connectivity index (χ2n) is 13.1. The quantitative estimate of drug-likeness (QED) is 0.0843. The summed E-state index contributed by atoms with van der Waals surface area (Å²) in [4.78, 5) is 45.7. The lowest BCUT2D eigenvalue weighted by atomic mass is 10.0. The van der Waals surface area contributed by atoms with E-state index in [9.17, 15) is 9.59 Å². The number of halogens is 2. The highest BCUT2D eigenvalue weighted by atomic mass is 79.9. The van der Waals surface area contributed by atoms with Crippen LogP contribution in [-0.4, -0.2) is 75.9 Å². The summed E-state index contributed by atoms with van der Waals surface area (Å²) in [6.45, 7) is 3.03. The van der Waals surface area contributed by atoms with Crippen molar-refractivity contribution in [3.63, 3.8) is 0 Å². The number of para-hydroxylation sites is 1. The van der Waals surface area contributed by atoms with Crippen LogP contribution in [0.2, 0.25) is 0 Å². The molecule has 0 spiro atoms. The van der Waals surface area contributed by atoms with Gasteiger partial charge in [-0.3, -0.25) is 14.5 Å². The predicted octanol–water partition coefficient (Wildman–Crippen LogP) is 8.03. The molecule has 0 fully saturated rings. The number of amides is 2. The van der Waals surface area contributed by atoms with Crippen LogP contribution in [-0.2, 0) is 0 Å². The molecule has 4 aromatic carbocycles. The summed E-state index contributed by atoms with van der Waals surface area (Å²) in [6.07, 6.45) is 3.89. The van der Waals surface area contributed by atoms with Crippen molar-refractivity contribution in [1.29, 1.82) is 0 Å². The monoisotopic (exact) mass is 842 g/mol. The molecule has 8 rings (SSSR count). The summed E-state index contributed by atoms with van der Waals surface area (Å²) in [5.41, 5.74) is 14.1. The minimum atomic E-state index is -0.179. The molecule has 0 radical (unpaired) electrons. The van der Waals surface area contributed by atoms with E-state index in [1.807, 2.05) is 103 Å². The Morgan fingerprint density at radius 1 is 0.611 bits per heavy atom. The molecular weight excluding hydrogens is 808 g/mol. The number of nitrogens with two attached hydrogens (primary N) is 1. The Hall–Kier alpha value is -5.40. The average molecular weight is 845 g/mol. The first kappa shape index (κ1) is 35.6. The number of carbonyl (C=O) groups is 2. The van der Waals surface area contributed by atoms with Crippen LogP contribution >= 0.6 is 31.9 Å². The fourth-order valence-corrected chi connectivity index (χ4v) is 7.70. The standard InChI is InChI=1S/C42H36Br2N8O2/c43-25-8-11-35-30(20-25)33(23-48-35)39-13-10-28-29(5-3-7-38(28)50-39)41(53)46-15-18-52(17-14-45)19-16-47-42(54)32-22-40(51-37-6-2-1-4-27(32)37)34-24-49-36-12-9-26(44)21-31(34)36/h1-13,20-24,48-49H,14-19,45H2,(H,46,53)(H,47,54). The van der Waals surface area contributed by atoms with Gasteiger partial charge in [0.25, 0.3) is 11.8 Å². The number of hydrogen-bond acceptors (Lipinski definition) is 6. The van der Waals surface area contributed by atoms with Crippen LogP contribution in [0.25, 0.3) is 66.1 Å². The molecule has 0 saturated heterocycles. The first-order chi connectivity index (χ1) is 26.4. The van der Waals surface area contributed by atoms with E-state index in [1.165, 1.54) is 0 Å². The third-order valence-electron chi connectivity index (χ3n) is 9.65. The minimum absolute atomic E-state index is 0.171. The number of aromatic nitrogens is 4. The lowest BCUT2D eigenvalue weighted by Crippen LogP contribution is -2.41. The van der Waals surface area contributed by atoms with E-state index in [-0.39, 0.29) is 11.8 Å². The fourth-order valence-electron chi connectivity index (χ4n) is 6.98. The first-order valence-corrected chi connectivity index (χ1v) is 19.3. The molecule has 0 bridgehead atoms. The molecule has 0 saturated carbocycles. The van der Waals surface area contributed by atoms with Crippen LogP contribution in [0, 0.1) is 0 Å².